The summed E-state index contributed by atoms with van der Waals surface area (Å²) in [5.41, 5.74) is 3.05. The maximum absolute atomic E-state index is 12.0. The van der Waals surface area contributed by atoms with E-state index in [9.17, 15) is 4.79 Å². The molecule has 2 aromatic rings. The van der Waals surface area contributed by atoms with Gasteiger partial charge in [-0.3, -0.25) is 0 Å². The van der Waals surface area contributed by atoms with E-state index in [-0.39, 0.29) is 6.61 Å². The summed E-state index contributed by atoms with van der Waals surface area (Å²) in [5, 5.41) is 0. The second kappa shape index (κ2) is 7.64. The molecule has 4 heteroatoms. The molecule has 0 bridgehead atoms. The fourth-order valence-corrected chi connectivity index (χ4v) is 2.98. The molecule has 0 aliphatic heterocycles. The summed E-state index contributed by atoms with van der Waals surface area (Å²) in [7, 11) is 0. The Kier molecular flexibility index (Phi) is 5.83. The Morgan fingerprint density at radius 1 is 1.09 bits per heavy atom. The third-order valence-electron chi connectivity index (χ3n) is 3.54. The molecule has 2 aromatic carbocycles. The normalized spacial score (nSPS) is 10.7. The number of esters is 1. The number of hydrogen-bond acceptors (Lipinski definition) is 3. The van der Waals surface area contributed by atoms with Gasteiger partial charge in [0.15, 0.2) is 6.61 Å². The van der Waals surface area contributed by atoms with E-state index in [2.05, 4.69) is 29.8 Å². The maximum atomic E-state index is 12.0. The van der Waals surface area contributed by atoms with Crippen LogP contribution in [0.4, 0.5) is 0 Å². The molecular weight excluding hydrogens is 356 g/mol. The van der Waals surface area contributed by atoms with E-state index in [0.717, 1.165) is 15.6 Å². The van der Waals surface area contributed by atoms with E-state index in [1.807, 2.05) is 50.2 Å². The fraction of sp³-hybridized carbons (Fsp3) is 0.316. The molecule has 0 saturated heterocycles. The van der Waals surface area contributed by atoms with Crippen molar-refractivity contribution >= 4 is 21.9 Å². The van der Waals surface area contributed by atoms with Crippen molar-refractivity contribution in [2.45, 2.75) is 33.6 Å². The van der Waals surface area contributed by atoms with Crippen molar-refractivity contribution in [3.8, 4) is 11.5 Å². The molecule has 0 atom stereocenters. The number of aryl methyl sites for hydroxylation is 2. The molecular formula is C19H21BrO3. The van der Waals surface area contributed by atoms with Crippen LogP contribution in [-0.2, 0) is 4.79 Å². The highest BCUT2D eigenvalue weighted by molar-refractivity contribution is 9.10. The zero-order valence-corrected chi connectivity index (χ0v) is 15.4. The molecule has 0 amide bonds. The zero-order chi connectivity index (χ0) is 17.0. The first-order chi connectivity index (χ1) is 10.9. The monoisotopic (exact) mass is 376 g/mol. The predicted octanol–water partition coefficient (Wildman–Crippen LogP) is 5.17. The SMILES string of the molecule is Cc1cc(Br)cc(C)c1OC(=O)COc1ccc(C(C)C)cc1. The van der Waals surface area contributed by atoms with Crippen molar-refractivity contribution in [1.82, 2.24) is 0 Å². The predicted molar refractivity (Wildman–Crippen MR) is 95.3 cm³/mol. The largest absolute Gasteiger partial charge is 0.482 e. The first-order valence-electron chi connectivity index (χ1n) is 7.57. The van der Waals surface area contributed by atoms with Crippen molar-refractivity contribution < 1.29 is 14.3 Å². The van der Waals surface area contributed by atoms with Crippen LogP contribution < -0.4 is 9.47 Å². The third-order valence-corrected chi connectivity index (χ3v) is 4.00. The van der Waals surface area contributed by atoms with Crippen LogP contribution in [0.3, 0.4) is 0 Å². The van der Waals surface area contributed by atoms with E-state index >= 15 is 0 Å². The van der Waals surface area contributed by atoms with Crippen LogP contribution in [0, 0.1) is 13.8 Å². The van der Waals surface area contributed by atoms with Crippen LogP contribution in [0.25, 0.3) is 0 Å². The minimum absolute atomic E-state index is 0.115. The van der Waals surface area contributed by atoms with Gasteiger partial charge in [-0.1, -0.05) is 41.9 Å². The Morgan fingerprint density at radius 2 is 1.65 bits per heavy atom. The molecule has 2 rings (SSSR count). The van der Waals surface area contributed by atoms with Crippen LogP contribution in [0.15, 0.2) is 40.9 Å². The van der Waals surface area contributed by atoms with Gasteiger partial charge in [-0.05, 0) is 60.7 Å². The molecule has 122 valence electrons. The van der Waals surface area contributed by atoms with Gasteiger partial charge in [0.05, 0.1) is 0 Å². The lowest BCUT2D eigenvalue weighted by molar-refractivity contribution is -0.136. The van der Waals surface area contributed by atoms with Crippen molar-refractivity contribution in [2.24, 2.45) is 0 Å². The second-order valence-corrected chi connectivity index (χ2v) is 6.77. The fourth-order valence-electron chi connectivity index (χ4n) is 2.29. The highest BCUT2D eigenvalue weighted by Gasteiger charge is 2.12. The Labute approximate surface area is 145 Å². The topological polar surface area (TPSA) is 35.5 Å². The average molecular weight is 377 g/mol. The summed E-state index contributed by atoms with van der Waals surface area (Å²) in [4.78, 5) is 12.0. The number of benzene rings is 2. The first-order valence-corrected chi connectivity index (χ1v) is 8.36. The summed E-state index contributed by atoms with van der Waals surface area (Å²) >= 11 is 3.43. The highest BCUT2D eigenvalue weighted by atomic mass is 79.9. The molecule has 0 radical (unpaired) electrons. The third kappa shape index (κ3) is 4.83. The van der Waals surface area contributed by atoms with Gasteiger partial charge >= 0.3 is 5.97 Å². The molecule has 0 aromatic heterocycles. The minimum Gasteiger partial charge on any atom is -0.482 e. The van der Waals surface area contributed by atoms with Gasteiger partial charge in [-0.2, -0.15) is 0 Å². The van der Waals surface area contributed by atoms with Gasteiger partial charge in [0.1, 0.15) is 11.5 Å². The molecule has 0 spiro atoms. The minimum atomic E-state index is -0.411. The Morgan fingerprint density at radius 3 is 2.17 bits per heavy atom. The van der Waals surface area contributed by atoms with E-state index in [1.54, 1.807) is 0 Å². The molecule has 0 aliphatic rings. The molecule has 23 heavy (non-hydrogen) atoms. The summed E-state index contributed by atoms with van der Waals surface area (Å²) in [6, 6.07) is 11.6. The Bertz CT molecular complexity index is 667. The second-order valence-electron chi connectivity index (χ2n) is 5.86. The van der Waals surface area contributed by atoms with Crippen molar-refractivity contribution in [2.75, 3.05) is 6.61 Å². The first kappa shape index (κ1) is 17.5. The average Bonchev–Trinajstić information content (AvgIpc) is 2.49. The Hall–Kier alpha value is -1.81. The number of hydrogen-bond donors (Lipinski definition) is 0. The summed E-state index contributed by atoms with van der Waals surface area (Å²) in [6.07, 6.45) is 0. The van der Waals surface area contributed by atoms with Crippen molar-refractivity contribution in [3.05, 3.63) is 57.6 Å². The van der Waals surface area contributed by atoms with Crippen LogP contribution in [0.5, 0.6) is 11.5 Å². The van der Waals surface area contributed by atoms with Crippen LogP contribution >= 0.6 is 15.9 Å². The van der Waals surface area contributed by atoms with Crippen LogP contribution in [0.1, 0.15) is 36.5 Å². The molecule has 0 aliphatic carbocycles. The Balaban J connectivity index is 1.95. The van der Waals surface area contributed by atoms with Crippen LogP contribution in [-0.4, -0.2) is 12.6 Å². The van der Waals surface area contributed by atoms with E-state index in [1.165, 1.54) is 5.56 Å². The lowest BCUT2D eigenvalue weighted by atomic mass is 10.0. The van der Waals surface area contributed by atoms with Crippen molar-refractivity contribution in [1.29, 1.82) is 0 Å². The highest BCUT2D eigenvalue weighted by Crippen LogP contribution is 2.27. The molecule has 0 fully saturated rings. The lowest BCUT2D eigenvalue weighted by Gasteiger charge is -2.12. The van der Waals surface area contributed by atoms with Crippen molar-refractivity contribution in [3.63, 3.8) is 0 Å². The molecule has 0 N–H and O–H groups in total. The number of carbonyl (C=O) groups excluding carboxylic acids is 1. The standard InChI is InChI=1S/C19H21BrO3/c1-12(2)15-5-7-17(8-6-15)22-11-18(21)23-19-13(3)9-16(20)10-14(19)4/h5-10,12H,11H2,1-4H3. The number of ether oxygens (including phenoxy) is 2. The zero-order valence-electron chi connectivity index (χ0n) is 13.9. The quantitative estimate of drug-likeness (QED) is 0.533. The van der Waals surface area contributed by atoms with Gasteiger partial charge in [-0.15, -0.1) is 0 Å². The molecule has 0 unspecified atom stereocenters. The van der Waals surface area contributed by atoms with Gasteiger partial charge in [-0.25, -0.2) is 4.79 Å². The molecule has 3 nitrogen and oxygen atoms in total. The van der Waals surface area contributed by atoms with Gasteiger partial charge < -0.3 is 9.47 Å². The van der Waals surface area contributed by atoms with E-state index in [0.29, 0.717) is 17.4 Å². The van der Waals surface area contributed by atoms with Gasteiger partial charge in [0, 0.05) is 4.47 Å². The van der Waals surface area contributed by atoms with E-state index < -0.39 is 5.97 Å². The number of halogens is 1. The maximum Gasteiger partial charge on any atom is 0.349 e. The number of rotatable bonds is 5. The summed E-state index contributed by atoms with van der Waals surface area (Å²) in [6.45, 7) is 7.97. The van der Waals surface area contributed by atoms with Crippen LogP contribution in [0.2, 0.25) is 0 Å². The summed E-state index contributed by atoms with van der Waals surface area (Å²) in [5.74, 6) is 1.32. The van der Waals surface area contributed by atoms with Gasteiger partial charge in [0.2, 0.25) is 0 Å². The van der Waals surface area contributed by atoms with E-state index in [4.69, 9.17) is 9.47 Å². The summed E-state index contributed by atoms with van der Waals surface area (Å²) < 4.78 is 11.9. The number of carbonyl (C=O) groups is 1. The van der Waals surface area contributed by atoms with Gasteiger partial charge in [0.25, 0.3) is 0 Å². The molecule has 0 saturated carbocycles. The lowest BCUT2D eigenvalue weighted by Crippen LogP contribution is -2.18. The molecule has 0 heterocycles. The smallest absolute Gasteiger partial charge is 0.349 e.